The van der Waals surface area contributed by atoms with Crippen LogP contribution in [-0.2, 0) is 0 Å². The first kappa shape index (κ1) is 5.80. The molecule has 0 aromatic heterocycles. The van der Waals surface area contributed by atoms with Crippen molar-refractivity contribution in [3.63, 3.8) is 0 Å². The van der Waals surface area contributed by atoms with E-state index >= 15 is 0 Å². The van der Waals surface area contributed by atoms with Crippen LogP contribution in [-0.4, -0.2) is 12.3 Å². The van der Waals surface area contributed by atoms with Crippen LogP contribution in [0.3, 0.4) is 0 Å². The highest BCUT2D eigenvalue weighted by molar-refractivity contribution is 5.81. The molecule has 0 fully saturated rings. The van der Waals surface area contributed by atoms with Gasteiger partial charge in [0, 0.05) is 18.8 Å². The highest BCUT2D eigenvalue weighted by atomic mass is 14.8. The fourth-order valence-electron chi connectivity index (χ4n) is 1.11. The Morgan fingerprint density at radius 1 is 1.50 bits per heavy atom. The summed E-state index contributed by atoms with van der Waals surface area (Å²) >= 11 is 0. The molecule has 0 amide bonds. The Balaban J connectivity index is 2.45. The van der Waals surface area contributed by atoms with Crippen LogP contribution in [0.1, 0.15) is 26.7 Å². The van der Waals surface area contributed by atoms with Crippen molar-refractivity contribution in [2.45, 2.75) is 26.7 Å². The van der Waals surface area contributed by atoms with Gasteiger partial charge in [-0.05, 0) is 0 Å². The van der Waals surface area contributed by atoms with E-state index in [1.807, 2.05) is 0 Å². The molecule has 0 saturated heterocycles. The van der Waals surface area contributed by atoms with Gasteiger partial charge in [-0.25, -0.2) is 4.99 Å². The molecule has 8 heavy (non-hydrogen) atoms. The molecule has 1 rings (SSSR count). The van der Waals surface area contributed by atoms with Gasteiger partial charge in [0.15, 0.2) is 5.71 Å². The average molecular weight is 112 g/mol. The van der Waals surface area contributed by atoms with Crippen molar-refractivity contribution in [2.24, 2.45) is 5.92 Å². The Morgan fingerprint density at radius 2 is 2.25 bits per heavy atom. The van der Waals surface area contributed by atoms with E-state index in [0.29, 0.717) is 0 Å². The van der Waals surface area contributed by atoms with Crippen molar-refractivity contribution in [3.8, 4) is 0 Å². The van der Waals surface area contributed by atoms with Gasteiger partial charge in [0.25, 0.3) is 0 Å². The highest BCUT2D eigenvalue weighted by Crippen LogP contribution is 2.00. The third-order valence-electron chi connectivity index (χ3n) is 1.67. The van der Waals surface area contributed by atoms with Crippen LogP contribution in [0.4, 0.5) is 0 Å². The fraction of sp³-hybridized carbons (Fsp3) is 0.857. The molecule has 0 unspecified atom stereocenters. The van der Waals surface area contributed by atoms with Gasteiger partial charge in [-0.3, -0.25) is 0 Å². The van der Waals surface area contributed by atoms with E-state index in [1.54, 1.807) is 5.71 Å². The zero-order valence-corrected chi connectivity index (χ0v) is 5.70. The van der Waals surface area contributed by atoms with Gasteiger partial charge in [0.05, 0.1) is 0 Å². The maximum Gasteiger partial charge on any atom is 0.153 e. The van der Waals surface area contributed by atoms with Crippen LogP contribution in [0.5, 0.6) is 0 Å². The van der Waals surface area contributed by atoms with Crippen LogP contribution in [0, 0.1) is 5.92 Å². The lowest BCUT2D eigenvalue weighted by molar-refractivity contribution is -0.449. The molecule has 0 atom stereocenters. The molecule has 1 heterocycles. The predicted molar refractivity (Wildman–Crippen MR) is 34.9 cm³/mol. The Bertz CT molecular complexity index is 103. The second kappa shape index (κ2) is 2.29. The fourth-order valence-corrected chi connectivity index (χ4v) is 1.11. The van der Waals surface area contributed by atoms with Crippen LogP contribution in [0.2, 0.25) is 0 Å². The molecule has 1 heteroatoms. The second-order valence-electron chi connectivity index (χ2n) is 2.71. The standard InChI is InChI=1S/C7H13N/c1-6(2)7-4-3-5-8-7/h6H,3-5H2,1-2H3/p+1. The first-order chi connectivity index (χ1) is 3.80. The van der Waals surface area contributed by atoms with E-state index in [1.165, 1.54) is 19.4 Å². The van der Waals surface area contributed by atoms with E-state index in [0.717, 1.165) is 5.92 Å². The maximum atomic E-state index is 3.37. The van der Waals surface area contributed by atoms with Crippen LogP contribution >= 0.6 is 0 Å². The number of hydrogen-bond donors (Lipinski definition) is 1. The molecule has 0 saturated carbocycles. The first-order valence-electron chi connectivity index (χ1n) is 3.40. The van der Waals surface area contributed by atoms with Crippen molar-refractivity contribution in [2.75, 3.05) is 6.54 Å². The summed E-state index contributed by atoms with van der Waals surface area (Å²) in [4.78, 5) is 3.37. The van der Waals surface area contributed by atoms with Gasteiger partial charge in [0.1, 0.15) is 6.54 Å². The minimum absolute atomic E-state index is 0.748. The number of rotatable bonds is 1. The lowest BCUT2D eigenvalue weighted by atomic mass is 10.1. The third-order valence-corrected chi connectivity index (χ3v) is 1.67. The molecule has 1 N–H and O–H groups in total. The lowest BCUT2D eigenvalue weighted by Crippen LogP contribution is -2.70. The van der Waals surface area contributed by atoms with Crippen molar-refractivity contribution in [1.29, 1.82) is 0 Å². The van der Waals surface area contributed by atoms with Crippen LogP contribution < -0.4 is 4.99 Å². The van der Waals surface area contributed by atoms with Crippen LogP contribution in [0.15, 0.2) is 0 Å². The van der Waals surface area contributed by atoms with E-state index in [4.69, 9.17) is 0 Å². The topological polar surface area (TPSA) is 14.0 Å². The van der Waals surface area contributed by atoms with Crippen molar-refractivity contribution < 1.29 is 4.99 Å². The normalized spacial score (nSPS) is 19.6. The van der Waals surface area contributed by atoms with Gasteiger partial charge in [-0.15, -0.1) is 0 Å². The summed E-state index contributed by atoms with van der Waals surface area (Å²) in [7, 11) is 0. The van der Waals surface area contributed by atoms with Crippen molar-refractivity contribution >= 4 is 5.71 Å². The smallest absolute Gasteiger partial charge is 0.153 e. The average Bonchev–Trinajstić information content (AvgIpc) is 2.12. The zero-order valence-electron chi connectivity index (χ0n) is 5.70. The highest BCUT2D eigenvalue weighted by Gasteiger charge is 2.15. The Morgan fingerprint density at radius 3 is 2.50 bits per heavy atom. The molecule has 0 bridgehead atoms. The molecular formula is C7H14N+. The van der Waals surface area contributed by atoms with Crippen molar-refractivity contribution in [1.82, 2.24) is 0 Å². The molecule has 1 aliphatic heterocycles. The molecule has 46 valence electrons. The largest absolute Gasteiger partial charge is 0.249 e. The van der Waals surface area contributed by atoms with E-state index in [2.05, 4.69) is 18.8 Å². The zero-order chi connectivity index (χ0) is 5.98. The summed E-state index contributed by atoms with van der Waals surface area (Å²) < 4.78 is 0. The quantitative estimate of drug-likeness (QED) is 0.489. The van der Waals surface area contributed by atoms with Gasteiger partial charge < -0.3 is 0 Å². The van der Waals surface area contributed by atoms with Gasteiger partial charge in [-0.2, -0.15) is 0 Å². The number of nitrogens with one attached hydrogen (secondary N) is 1. The molecule has 0 spiro atoms. The Labute approximate surface area is 50.8 Å². The molecule has 0 aliphatic carbocycles. The molecule has 0 aromatic rings. The summed E-state index contributed by atoms with van der Waals surface area (Å²) in [6.45, 7) is 5.69. The lowest BCUT2D eigenvalue weighted by Gasteiger charge is -1.94. The molecular weight excluding hydrogens is 98.1 g/mol. The molecule has 1 aliphatic rings. The Hall–Kier alpha value is -0.330. The summed E-state index contributed by atoms with van der Waals surface area (Å²) in [6, 6.07) is 0. The predicted octanol–water partition coefficient (Wildman–Crippen LogP) is -0.0422. The van der Waals surface area contributed by atoms with Gasteiger partial charge >= 0.3 is 0 Å². The summed E-state index contributed by atoms with van der Waals surface area (Å²) in [5.41, 5.74) is 1.55. The van der Waals surface area contributed by atoms with E-state index < -0.39 is 0 Å². The van der Waals surface area contributed by atoms with Gasteiger partial charge in [0.2, 0.25) is 0 Å². The first-order valence-corrected chi connectivity index (χ1v) is 3.40. The van der Waals surface area contributed by atoms with Gasteiger partial charge in [-0.1, -0.05) is 13.8 Å². The molecule has 0 radical (unpaired) electrons. The minimum Gasteiger partial charge on any atom is -0.249 e. The monoisotopic (exact) mass is 112 g/mol. The molecule has 0 aromatic carbocycles. The van der Waals surface area contributed by atoms with E-state index in [-0.39, 0.29) is 0 Å². The minimum atomic E-state index is 0.748. The maximum absolute atomic E-state index is 3.37. The summed E-state index contributed by atoms with van der Waals surface area (Å²) in [6.07, 6.45) is 2.64. The SMILES string of the molecule is CC(C)C1=[NH+]CCC1. The van der Waals surface area contributed by atoms with E-state index in [9.17, 15) is 0 Å². The summed E-state index contributed by atoms with van der Waals surface area (Å²) in [5, 5.41) is 0. The number of hydrogen-bond acceptors (Lipinski definition) is 0. The Kier molecular flexibility index (Phi) is 1.66. The third kappa shape index (κ3) is 1.09. The van der Waals surface area contributed by atoms with Crippen molar-refractivity contribution in [3.05, 3.63) is 0 Å². The van der Waals surface area contributed by atoms with Crippen LogP contribution in [0.25, 0.3) is 0 Å². The second-order valence-corrected chi connectivity index (χ2v) is 2.71. The summed E-state index contributed by atoms with van der Waals surface area (Å²) in [5.74, 6) is 0.748. The molecule has 1 nitrogen and oxygen atoms in total.